The number of furan rings is 1. The quantitative estimate of drug-likeness (QED) is 0.315. The van der Waals surface area contributed by atoms with E-state index < -0.39 is 10.0 Å². The van der Waals surface area contributed by atoms with Crippen LogP contribution in [0.5, 0.6) is 11.5 Å². The number of halogens is 1. The van der Waals surface area contributed by atoms with Gasteiger partial charge in [-0.1, -0.05) is 17.7 Å². The molecule has 2 heterocycles. The first-order valence-electron chi connectivity index (χ1n) is 10.2. The van der Waals surface area contributed by atoms with Gasteiger partial charge in [0.15, 0.2) is 0 Å². The summed E-state index contributed by atoms with van der Waals surface area (Å²) in [6.45, 7) is 0.366. The normalized spacial score (nSPS) is 13.2. The maximum absolute atomic E-state index is 12.9. The number of rotatable bonds is 6. The summed E-state index contributed by atoms with van der Waals surface area (Å²) < 4.78 is 39.5. The summed E-state index contributed by atoms with van der Waals surface area (Å²) in [7, 11) is -3.85. The van der Waals surface area contributed by atoms with Crippen molar-refractivity contribution in [1.29, 1.82) is 5.41 Å². The lowest BCUT2D eigenvalue weighted by Gasteiger charge is -2.29. The molecule has 0 radical (unpaired) electrons. The van der Waals surface area contributed by atoms with E-state index in [9.17, 15) is 8.42 Å². The largest absolute Gasteiger partial charge is 0.457 e. The van der Waals surface area contributed by atoms with Crippen molar-refractivity contribution in [3.05, 3.63) is 95.7 Å². The Balaban J connectivity index is 1.30. The fourth-order valence-corrected chi connectivity index (χ4v) is 4.71. The number of hydrogen-bond acceptors (Lipinski definition) is 6. The number of amidine groups is 1. The summed E-state index contributed by atoms with van der Waals surface area (Å²) >= 11 is 5.89. The Bertz CT molecular complexity index is 1450. The number of nitrogens with zero attached hydrogens (tertiary/aromatic N) is 1. The Morgan fingerprint density at radius 3 is 2.53 bits per heavy atom. The van der Waals surface area contributed by atoms with E-state index in [1.165, 1.54) is 18.4 Å². The zero-order chi connectivity index (χ0) is 23.7. The van der Waals surface area contributed by atoms with Crippen molar-refractivity contribution in [1.82, 2.24) is 0 Å². The van der Waals surface area contributed by atoms with E-state index in [-0.39, 0.29) is 4.90 Å². The van der Waals surface area contributed by atoms with Crippen LogP contribution in [0.25, 0.3) is 0 Å². The number of sulfonamides is 1. The minimum Gasteiger partial charge on any atom is -0.457 e. The Kier molecular flexibility index (Phi) is 5.64. The molecule has 0 amide bonds. The lowest BCUT2D eigenvalue weighted by molar-refractivity contribution is 0.481. The van der Waals surface area contributed by atoms with Crippen molar-refractivity contribution in [3.8, 4) is 11.5 Å². The van der Waals surface area contributed by atoms with E-state index in [4.69, 9.17) is 26.2 Å². The van der Waals surface area contributed by atoms with E-state index in [2.05, 4.69) is 10.0 Å². The van der Waals surface area contributed by atoms with Crippen LogP contribution in [0.4, 0.5) is 17.3 Å². The summed E-state index contributed by atoms with van der Waals surface area (Å²) in [5.41, 5.74) is 1.80. The van der Waals surface area contributed by atoms with E-state index in [0.717, 1.165) is 5.69 Å². The second kappa shape index (κ2) is 8.77. The minimum atomic E-state index is -3.85. The molecular weight excluding hydrogens is 476 g/mol. The van der Waals surface area contributed by atoms with Crippen molar-refractivity contribution < 1.29 is 17.6 Å². The number of benzene rings is 3. The number of ether oxygens (including phenoxy) is 1. The third-order valence-electron chi connectivity index (χ3n) is 5.18. The van der Waals surface area contributed by atoms with Gasteiger partial charge in [0.1, 0.15) is 17.3 Å². The highest BCUT2D eigenvalue weighted by atomic mass is 35.5. The lowest BCUT2D eigenvalue weighted by Crippen LogP contribution is -2.39. The van der Waals surface area contributed by atoms with Gasteiger partial charge in [0.05, 0.1) is 23.4 Å². The van der Waals surface area contributed by atoms with Crippen LogP contribution in [-0.4, -0.2) is 20.9 Å². The molecule has 172 valence electrons. The number of fused-ring (bicyclic) bond motifs is 1. The van der Waals surface area contributed by atoms with Gasteiger partial charge < -0.3 is 19.4 Å². The van der Waals surface area contributed by atoms with Crippen LogP contribution in [0.2, 0.25) is 5.02 Å². The Morgan fingerprint density at radius 1 is 1.00 bits per heavy atom. The second-order valence-corrected chi connectivity index (χ2v) is 9.58. The molecule has 0 unspecified atom stereocenters. The van der Waals surface area contributed by atoms with E-state index >= 15 is 0 Å². The van der Waals surface area contributed by atoms with Crippen molar-refractivity contribution in [2.45, 2.75) is 4.90 Å². The van der Waals surface area contributed by atoms with Crippen molar-refractivity contribution in [3.63, 3.8) is 0 Å². The maximum atomic E-state index is 12.9. The van der Waals surface area contributed by atoms with Crippen LogP contribution in [0.15, 0.2) is 94.4 Å². The summed E-state index contributed by atoms with van der Waals surface area (Å²) in [4.78, 5) is 1.82. The highest BCUT2D eigenvalue weighted by molar-refractivity contribution is 7.92. The van der Waals surface area contributed by atoms with Crippen molar-refractivity contribution in [2.75, 3.05) is 21.6 Å². The van der Waals surface area contributed by atoms with Crippen LogP contribution in [0.1, 0.15) is 5.56 Å². The van der Waals surface area contributed by atoms with E-state index in [1.807, 2.05) is 0 Å². The molecule has 0 saturated carbocycles. The fraction of sp³-hybridized carbons (Fsp3) is 0.0417. The van der Waals surface area contributed by atoms with E-state index in [0.29, 0.717) is 46.2 Å². The highest BCUT2D eigenvalue weighted by Crippen LogP contribution is 2.29. The highest BCUT2D eigenvalue weighted by Gasteiger charge is 2.24. The number of hydrogen-bond donors (Lipinski definition) is 3. The number of anilines is 3. The molecule has 1 aliphatic rings. The molecule has 1 aromatic heterocycles. The lowest BCUT2D eigenvalue weighted by atomic mass is 10.2. The SMILES string of the molecule is N=C1c2ccoc2NCN1c1ccc(NS(=O)(=O)c2cccc(Oc3ccc(Cl)cc3)c2)cc1. The molecule has 4 aromatic rings. The molecular formula is C24H19ClN4O4S. The van der Waals surface area contributed by atoms with Gasteiger partial charge in [0, 0.05) is 22.5 Å². The van der Waals surface area contributed by atoms with Crippen LogP contribution in [0.3, 0.4) is 0 Å². The Labute approximate surface area is 201 Å². The zero-order valence-corrected chi connectivity index (χ0v) is 19.2. The third-order valence-corrected chi connectivity index (χ3v) is 6.82. The smallest absolute Gasteiger partial charge is 0.262 e. The molecule has 3 aromatic carbocycles. The topological polar surface area (TPSA) is 108 Å². The van der Waals surface area contributed by atoms with Gasteiger partial charge in [0.2, 0.25) is 5.88 Å². The molecule has 5 rings (SSSR count). The summed E-state index contributed by atoms with van der Waals surface area (Å²) in [6, 6.07) is 21.6. The molecule has 3 N–H and O–H groups in total. The molecule has 1 aliphatic heterocycles. The average Bonchev–Trinajstić information content (AvgIpc) is 3.32. The molecule has 0 fully saturated rings. The molecule has 0 aliphatic carbocycles. The van der Waals surface area contributed by atoms with Crippen LogP contribution in [-0.2, 0) is 10.0 Å². The predicted molar refractivity (Wildman–Crippen MR) is 132 cm³/mol. The van der Waals surface area contributed by atoms with Gasteiger partial charge in [-0.25, -0.2) is 8.42 Å². The monoisotopic (exact) mass is 494 g/mol. The predicted octanol–water partition coefficient (Wildman–Crippen LogP) is 5.74. The van der Waals surface area contributed by atoms with Gasteiger partial charge in [-0.05, 0) is 66.7 Å². The van der Waals surface area contributed by atoms with Crippen molar-refractivity contribution in [2.24, 2.45) is 0 Å². The summed E-state index contributed by atoms with van der Waals surface area (Å²) in [5, 5.41) is 12.1. The van der Waals surface area contributed by atoms with Gasteiger partial charge >= 0.3 is 0 Å². The second-order valence-electron chi connectivity index (χ2n) is 7.46. The fourth-order valence-electron chi connectivity index (χ4n) is 3.50. The molecule has 8 nitrogen and oxygen atoms in total. The Morgan fingerprint density at radius 2 is 1.76 bits per heavy atom. The zero-order valence-electron chi connectivity index (χ0n) is 17.7. The van der Waals surface area contributed by atoms with Crippen LogP contribution in [0, 0.1) is 5.41 Å². The third kappa shape index (κ3) is 4.43. The Hall–Kier alpha value is -3.95. The van der Waals surface area contributed by atoms with Gasteiger partial charge in [-0.15, -0.1) is 0 Å². The van der Waals surface area contributed by atoms with Gasteiger partial charge in [0.25, 0.3) is 10.0 Å². The first kappa shape index (κ1) is 21.9. The summed E-state index contributed by atoms with van der Waals surface area (Å²) in [5.74, 6) is 1.79. The molecule has 10 heteroatoms. The standard InChI is InChI=1S/C24H19ClN4O4S/c25-16-4-10-19(11-5-16)33-20-2-1-3-21(14-20)34(30,31)28-17-6-8-18(9-7-17)29-15-27-24-22(23(29)26)12-13-32-24/h1-14,26-28H,15H2. The molecule has 34 heavy (non-hydrogen) atoms. The van der Waals surface area contributed by atoms with Crippen LogP contribution < -0.4 is 19.7 Å². The average molecular weight is 495 g/mol. The van der Waals surface area contributed by atoms with Gasteiger partial charge in [-0.2, -0.15) is 0 Å². The molecule has 0 saturated heterocycles. The summed E-state index contributed by atoms with van der Waals surface area (Å²) in [6.07, 6.45) is 1.53. The minimum absolute atomic E-state index is 0.0672. The first-order valence-corrected chi connectivity index (χ1v) is 12.1. The van der Waals surface area contributed by atoms with Crippen LogP contribution >= 0.6 is 11.6 Å². The van der Waals surface area contributed by atoms with E-state index in [1.54, 1.807) is 71.6 Å². The number of nitrogens with one attached hydrogen (secondary N) is 3. The molecule has 0 spiro atoms. The molecule has 0 atom stereocenters. The molecule has 0 bridgehead atoms. The van der Waals surface area contributed by atoms with Gasteiger partial charge in [-0.3, -0.25) is 10.1 Å². The van der Waals surface area contributed by atoms with Crippen molar-refractivity contribution >= 4 is 44.7 Å². The maximum Gasteiger partial charge on any atom is 0.262 e. The first-order chi connectivity index (χ1) is 16.4.